The highest BCUT2D eigenvalue weighted by Gasteiger charge is 2.70. The van der Waals surface area contributed by atoms with Gasteiger partial charge in [0.25, 0.3) is 11.8 Å². The molecular formula is C14H13F2N3OS. The largest absolute Gasteiger partial charge is 0.339 e. The van der Waals surface area contributed by atoms with Crippen LogP contribution in [-0.2, 0) is 0 Å². The number of hydrogen-bond donors (Lipinski definition) is 0. The number of amides is 1. The zero-order chi connectivity index (χ0) is 14.7. The van der Waals surface area contributed by atoms with Gasteiger partial charge in [0.05, 0.1) is 11.7 Å². The van der Waals surface area contributed by atoms with Crippen LogP contribution in [0.15, 0.2) is 18.2 Å². The van der Waals surface area contributed by atoms with Crippen LogP contribution in [-0.4, -0.2) is 38.6 Å². The number of likely N-dealkylation sites (tertiary alicyclic amines) is 1. The Labute approximate surface area is 124 Å². The van der Waals surface area contributed by atoms with Crippen LogP contribution in [0.25, 0.3) is 11.0 Å². The highest BCUT2D eigenvalue weighted by Crippen LogP contribution is 2.65. The fourth-order valence-electron chi connectivity index (χ4n) is 3.16. The van der Waals surface area contributed by atoms with E-state index in [1.165, 1.54) is 0 Å². The van der Waals surface area contributed by atoms with Gasteiger partial charge in [-0.05, 0) is 31.0 Å². The average Bonchev–Trinajstić information content (AvgIpc) is 2.85. The molecule has 1 aliphatic carbocycles. The van der Waals surface area contributed by atoms with Crippen molar-refractivity contribution in [1.29, 1.82) is 0 Å². The number of nitrogens with zero attached hydrogens (tertiary/aromatic N) is 3. The van der Waals surface area contributed by atoms with E-state index in [2.05, 4.69) is 8.75 Å². The number of rotatable bonds is 1. The normalized spacial score (nSPS) is 22.7. The second kappa shape index (κ2) is 4.19. The molecule has 0 atom stereocenters. The third-order valence-corrected chi connectivity index (χ3v) is 5.28. The summed E-state index contributed by atoms with van der Waals surface area (Å²) < 4.78 is 34.9. The van der Waals surface area contributed by atoms with Crippen molar-refractivity contribution in [3.8, 4) is 0 Å². The van der Waals surface area contributed by atoms with Gasteiger partial charge >= 0.3 is 0 Å². The third kappa shape index (κ3) is 1.94. The average molecular weight is 309 g/mol. The van der Waals surface area contributed by atoms with Gasteiger partial charge in [-0.2, -0.15) is 8.75 Å². The molecule has 0 bridgehead atoms. The van der Waals surface area contributed by atoms with Gasteiger partial charge in [-0.15, -0.1) is 0 Å². The lowest BCUT2D eigenvalue weighted by Crippen LogP contribution is -2.40. The third-order valence-electron chi connectivity index (χ3n) is 4.72. The first kappa shape index (κ1) is 13.1. The molecule has 1 aliphatic heterocycles. The van der Waals surface area contributed by atoms with Crippen LogP contribution in [0, 0.1) is 5.41 Å². The quantitative estimate of drug-likeness (QED) is 0.813. The predicted octanol–water partition coefficient (Wildman–Crippen LogP) is 2.95. The van der Waals surface area contributed by atoms with Crippen LogP contribution in [0.5, 0.6) is 0 Å². The lowest BCUT2D eigenvalue weighted by atomic mass is 9.92. The number of benzene rings is 1. The van der Waals surface area contributed by atoms with E-state index in [1.54, 1.807) is 23.1 Å². The second-order valence-electron chi connectivity index (χ2n) is 5.92. The van der Waals surface area contributed by atoms with Crippen molar-refractivity contribution in [3.05, 3.63) is 23.8 Å². The molecule has 0 unspecified atom stereocenters. The molecule has 4 nitrogen and oxygen atoms in total. The Hall–Kier alpha value is -1.63. The molecule has 1 saturated heterocycles. The summed E-state index contributed by atoms with van der Waals surface area (Å²) in [5.74, 6) is -2.63. The number of carbonyl (C=O) groups is 1. The maximum absolute atomic E-state index is 13.3. The van der Waals surface area contributed by atoms with E-state index in [0.29, 0.717) is 37.0 Å². The molecular weight excluding hydrogens is 296 g/mol. The molecule has 1 aromatic heterocycles. The number of aromatic nitrogens is 2. The van der Waals surface area contributed by atoms with E-state index in [9.17, 15) is 13.6 Å². The molecule has 7 heteroatoms. The Balaban J connectivity index is 1.51. The summed E-state index contributed by atoms with van der Waals surface area (Å²) >= 11 is 1.11. The van der Waals surface area contributed by atoms with E-state index in [0.717, 1.165) is 17.2 Å². The van der Waals surface area contributed by atoms with Crippen molar-refractivity contribution >= 4 is 28.7 Å². The Morgan fingerprint density at radius 3 is 2.52 bits per heavy atom. The second-order valence-corrected chi connectivity index (χ2v) is 6.45. The summed E-state index contributed by atoms with van der Waals surface area (Å²) in [5.41, 5.74) is 1.19. The lowest BCUT2D eigenvalue weighted by Gasteiger charge is -2.32. The van der Waals surface area contributed by atoms with E-state index in [1.807, 2.05) is 0 Å². The number of halogens is 2. The zero-order valence-electron chi connectivity index (χ0n) is 11.2. The summed E-state index contributed by atoms with van der Waals surface area (Å²) in [6, 6.07) is 5.21. The first-order valence-corrected chi connectivity index (χ1v) is 7.63. The number of piperidine rings is 1. The Morgan fingerprint density at radius 1 is 1.19 bits per heavy atom. The smallest absolute Gasteiger partial charge is 0.254 e. The highest BCUT2D eigenvalue weighted by atomic mass is 32.1. The molecule has 0 radical (unpaired) electrons. The summed E-state index contributed by atoms with van der Waals surface area (Å²) in [5, 5.41) is 0. The first-order chi connectivity index (χ1) is 10.0. The first-order valence-electron chi connectivity index (χ1n) is 6.90. The summed E-state index contributed by atoms with van der Waals surface area (Å²) in [7, 11) is 0. The SMILES string of the molecule is O=C(c1ccc2nsnc2c1)N1CCC2(CC1)CC2(F)F. The Kier molecular flexibility index (Phi) is 2.61. The molecule has 1 saturated carbocycles. The molecule has 2 heterocycles. The Bertz CT molecular complexity index is 722. The molecule has 2 aliphatic rings. The predicted molar refractivity (Wildman–Crippen MR) is 74.5 cm³/mol. The number of carbonyl (C=O) groups excluding carboxylic acids is 1. The van der Waals surface area contributed by atoms with Crippen molar-refractivity contribution in [2.45, 2.75) is 25.2 Å². The fourth-order valence-corrected chi connectivity index (χ4v) is 3.68. The summed E-state index contributed by atoms with van der Waals surface area (Å²) in [4.78, 5) is 14.1. The van der Waals surface area contributed by atoms with Crippen molar-refractivity contribution in [2.75, 3.05) is 13.1 Å². The monoisotopic (exact) mass is 309 g/mol. The number of alkyl halides is 2. The summed E-state index contributed by atoms with van der Waals surface area (Å²) in [6.45, 7) is 0.809. The van der Waals surface area contributed by atoms with Crippen molar-refractivity contribution < 1.29 is 13.6 Å². The number of fused-ring (bicyclic) bond motifs is 1. The molecule has 2 aromatic rings. The van der Waals surface area contributed by atoms with Gasteiger partial charge in [0.15, 0.2) is 0 Å². The lowest BCUT2D eigenvalue weighted by molar-refractivity contribution is 0.0284. The van der Waals surface area contributed by atoms with Crippen molar-refractivity contribution in [3.63, 3.8) is 0 Å². The molecule has 1 aromatic carbocycles. The molecule has 1 spiro atoms. The van der Waals surface area contributed by atoms with Gasteiger partial charge in [-0.25, -0.2) is 8.78 Å². The van der Waals surface area contributed by atoms with Gasteiger partial charge in [-0.3, -0.25) is 4.79 Å². The van der Waals surface area contributed by atoms with Crippen molar-refractivity contribution in [1.82, 2.24) is 13.6 Å². The van der Waals surface area contributed by atoms with Crippen LogP contribution in [0.1, 0.15) is 29.6 Å². The van der Waals surface area contributed by atoms with Crippen LogP contribution in [0.2, 0.25) is 0 Å². The minimum atomic E-state index is -2.52. The van der Waals surface area contributed by atoms with Gasteiger partial charge in [0.2, 0.25) is 0 Å². The zero-order valence-corrected chi connectivity index (χ0v) is 12.0. The summed E-state index contributed by atoms with van der Waals surface area (Å²) in [6.07, 6.45) is 0.775. The van der Waals surface area contributed by atoms with Gasteiger partial charge in [0, 0.05) is 30.5 Å². The van der Waals surface area contributed by atoms with E-state index in [4.69, 9.17) is 0 Å². The number of hydrogen-bond acceptors (Lipinski definition) is 4. The minimum Gasteiger partial charge on any atom is -0.339 e. The molecule has 110 valence electrons. The maximum Gasteiger partial charge on any atom is 0.254 e. The molecule has 1 amide bonds. The Morgan fingerprint density at radius 2 is 1.86 bits per heavy atom. The molecule has 2 fully saturated rings. The van der Waals surface area contributed by atoms with E-state index in [-0.39, 0.29) is 12.3 Å². The van der Waals surface area contributed by atoms with Crippen LogP contribution < -0.4 is 0 Å². The molecule has 4 rings (SSSR count). The van der Waals surface area contributed by atoms with E-state index < -0.39 is 11.3 Å². The van der Waals surface area contributed by atoms with Crippen LogP contribution in [0.4, 0.5) is 8.78 Å². The maximum atomic E-state index is 13.3. The fraction of sp³-hybridized carbons (Fsp3) is 0.500. The minimum absolute atomic E-state index is 0.0154. The molecule has 21 heavy (non-hydrogen) atoms. The topological polar surface area (TPSA) is 46.1 Å². The highest BCUT2D eigenvalue weighted by molar-refractivity contribution is 7.00. The van der Waals surface area contributed by atoms with Crippen LogP contribution in [0.3, 0.4) is 0 Å². The molecule has 0 N–H and O–H groups in total. The standard InChI is InChI=1S/C14H13F2N3OS/c15-14(16)8-13(14)3-5-19(6-4-13)12(20)9-1-2-10-11(7-9)18-21-17-10/h1-2,7H,3-6,8H2. The van der Waals surface area contributed by atoms with Gasteiger partial charge < -0.3 is 4.90 Å². The van der Waals surface area contributed by atoms with Gasteiger partial charge in [0.1, 0.15) is 11.0 Å². The van der Waals surface area contributed by atoms with E-state index >= 15 is 0 Å². The van der Waals surface area contributed by atoms with Gasteiger partial charge in [-0.1, -0.05) is 0 Å². The van der Waals surface area contributed by atoms with Crippen LogP contribution >= 0.6 is 11.7 Å². The van der Waals surface area contributed by atoms with Crippen molar-refractivity contribution in [2.24, 2.45) is 5.41 Å².